The van der Waals surface area contributed by atoms with Crippen molar-refractivity contribution in [3.63, 3.8) is 0 Å². The molecule has 0 unspecified atom stereocenters. The fourth-order valence-electron chi connectivity index (χ4n) is 5.17. The zero-order valence-corrected chi connectivity index (χ0v) is 21.2. The Bertz CT molecular complexity index is 1130. The van der Waals surface area contributed by atoms with Crippen molar-refractivity contribution in [2.45, 2.75) is 69.5 Å². The molecular weight excluding hydrogens is 485 g/mol. The SMILES string of the molecule is Cn1cc(CC(=O)NC2CCC(F)(CCN3CCc4ccc(OCC(F)F)nc4CC3)CC2)ccc1=O. The van der Waals surface area contributed by atoms with Gasteiger partial charge in [0.2, 0.25) is 17.3 Å². The maximum Gasteiger partial charge on any atom is 0.272 e. The highest BCUT2D eigenvalue weighted by Crippen LogP contribution is 2.35. The van der Waals surface area contributed by atoms with Crippen molar-refractivity contribution in [2.75, 3.05) is 26.2 Å². The minimum Gasteiger partial charge on any atom is -0.472 e. The van der Waals surface area contributed by atoms with Crippen LogP contribution in [0.1, 0.15) is 48.9 Å². The van der Waals surface area contributed by atoms with Gasteiger partial charge in [0.1, 0.15) is 5.67 Å². The second-order valence-corrected chi connectivity index (χ2v) is 10.2. The highest BCUT2D eigenvalue weighted by atomic mass is 19.3. The van der Waals surface area contributed by atoms with Crippen LogP contribution in [-0.2, 0) is 31.1 Å². The number of amides is 1. The molecule has 10 heteroatoms. The number of hydrogen-bond acceptors (Lipinski definition) is 5. The molecule has 202 valence electrons. The maximum atomic E-state index is 15.6. The molecule has 1 aliphatic carbocycles. The Kier molecular flexibility index (Phi) is 8.89. The van der Waals surface area contributed by atoms with Crippen LogP contribution in [0.2, 0.25) is 0 Å². The molecule has 0 bridgehead atoms. The van der Waals surface area contributed by atoms with E-state index in [0.29, 0.717) is 45.1 Å². The van der Waals surface area contributed by atoms with E-state index in [1.54, 1.807) is 25.4 Å². The molecule has 2 aromatic rings. The van der Waals surface area contributed by atoms with Crippen molar-refractivity contribution in [2.24, 2.45) is 7.05 Å². The third kappa shape index (κ3) is 7.80. The van der Waals surface area contributed by atoms with Crippen LogP contribution < -0.4 is 15.6 Å². The topological polar surface area (TPSA) is 76.5 Å². The highest BCUT2D eigenvalue weighted by Gasteiger charge is 2.36. The maximum absolute atomic E-state index is 15.6. The Morgan fingerprint density at radius 1 is 1.19 bits per heavy atom. The summed E-state index contributed by atoms with van der Waals surface area (Å²) < 4.78 is 46.9. The summed E-state index contributed by atoms with van der Waals surface area (Å²) in [6.45, 7) is 1.50. The van der Waals surface area contributed by atoms with E-state index in [1.165, 1.54) is 10.6 Å². The summed E-state index contributed by atoms with van der Waals surface area (Å²) in [5.74, 6) is 0.101. The number of aromatic nitrogens is 2. The number of rotatable bonds is 9. The van der Waals surface area contributed by atoms with Crippen LogP contribution in [0.25, 0.3) is 0 Å². The lowest BCUT2D eigenvalue weighted by molar-refractivity contribution is -0.121. The van der Waals surface area contributed by atoms with E-state index >= 15 is 4.39 Å². The summed E-state index contributed by atoms with van der Waals surface area (Å²) in [6, 6.07) is 6.59. The van der Waals surface area contributed by atoms with Gasteiger partial charge in [0, 0.05) is 63.2 Å². The van der Waals surface area contributed by atoms with Crippen molar-refractivity contribution < 1.29 is 22.7 Å². The normalized spacial score (nSPS) is 22.4. The molecule has 3 heterocycles. The zero-order valence-electron chi connectivity index (χ0n) is 21.2. The molecule has 2 aromatic heterocycles. The number of fused-ring (bicyclic) bond motifs is 1. The number of halogens is 3. The van der Waals surface area contributed by atoms with Gasteiger partial charge < -0.3 is 19.5 Å². The number of alkyl halides is 3. The molecule has 4 rings (SSSR count). The van der Waals surface area contributed by atoms with Crippen LogP contribution in [0.15, 0.2) is 35.3 Å². The molecule has 7 nitrogen and oxygen atoms in total. The van der Waals surface area contributed by atoms with Gasteiger partial charge in [-0.1, -0.05) is 12.1 Å². The van der Waals surface area contributed by atoms with Crippen LogP contribution in [-0.4, -0.2) is 64.7 Å². The van der Waals surface area contributed by atoms with E-state index in [-0.39, 0.29) is 29.8 Å². The molecule has 0 radical (unpaired) electrons. The first kappa shape index (κ1) is 27.2. The monoisotopic (exact) mass is 520 g/mol. The summed E-state index contributed by atoms with van der Waals surface area (Å²) in [5, 5.41) is 3.02. The average Bonchev–Trinajstić information content (AvgIpc) is 3.07. The number of aryl methyl sites for hydroxylation is 1. The zero-order chi connectivity index (χ0) is 26.4. The van der Waals surface area contributed by atoms with Gasteiger partial charge in [0.15, 0.2) is 6.61 Å². The predicted molar refractivity (Wildman–Crippen MR) is 134 cm³/mol. The van der Waals surface area contributed by atoms with E-state index in [4.69, 9.17) is 4.74 Å². The fourth-order valence-corrected chi connectivity index (χ4v) is 5.17. The van der Waals surface area contributed by atoms with Crippen LogP contribution in [0.5, 0.6) is 5.88 Å². The lowest BCUT2D eigenvalue weighted by Crippen LogP contribution is -2.43. The molecule has 0 atom stereocenters. The minimum atomic E-state index is -2.54. The van der Waals surface area contributed by atoms with Crippen molar-refractivity contribution in [1.82, 2.24) is 19.8 Å². The molecule has 0 saturated heterocycles. The quantitative estimate of drug-likeness (QED) is 0.550. The molecule has 1 fully saturated rings. The largest absolute Gasteiger partial charge is 0.472 e. The molecule has 0 spiro atoms. The number of ether oxygens (including phenoxy) is 1. The molecule has 0 aromatic carbocycles. The number of nitrogens with zero attached hydrogens (tertiary/aromatic N) is 3. The first-order valence-electron chi connectivity index (χ1n) is 12.9. The second kappa shape index (κ2) is 12.1. The molecular formula is C27H35F3N4O3. The lowest BCUT2D eigenvalue weighted by atomic mass is 9.81. The van der Waals surface area contributed by atoms with Crippen LogP contribution >= 0.6 is 0 Å². The number of pyridine rings is 2. The second-order valence-electron chi connectivity index (χ2n) is 10.2. The predicted octanol–water partition coefficient (Wildman–Crippen LogP) is 3.22. The summed E-state index contributed by atoms with van der Waals surface area (Å²) >= 11 is 0. The Labute approximate surface area is 215 Å². The lowest BCUT2D eigenvalue weighted by Gasteiger charge is -2.35. The molecule has 1 amide bonds. The summed E-state index contributed by atoms with van der Waals surface area (Å²) in [5.41, 5.74) is 1.34. The fraction of sp³-hybridized carbons (Fsp3) is 0.593. The Morgan fingerprint density at radius 2 is 1.95 bits per heavy atom. The van der Waals surface area contributed by atoms with E-state index in [1.807, 2.05) is 6.07 Å². The third-order valence-electron chi connectivity index (χ3n) is 7.40. The van der Waals surface area contributed by atoms with Crippen LogP contribution in [0.4, 0.5) is 13.2 Å². The van der Waals surface area contributed by atoms with E-state index < -0.39 is 18.7 Å². The van der Waals surface area contributed by atoms with Crippen molar-refractivity contribution >= 4 is 5.91 Å². The van der Waals surface area contributed by atoms with Crippen LogP contribution in [0.3, 0.4) is 0 Å². The standard InChI is InChI=1S/C27H35F3N4O3/c1-33-17-19(2-5-26(33)36)16-24(35)31-21-6-10-27(30,11-7-21)12-15-34-13-8-20-3-4-25(37-18-23(28)29)32-22(20)9-14-34/h2-5,17,21,23H,6-16,18H2,1H3,(H,31,35). The first-order chi connectivity index (χ1) is 17.7. The van der Waals surface area contributed by atoms with Gasteiger partial charge in [-0.3, -0.25) is 9.59 Å². The van der Waals surface area contributed by atoms with Crippen LogP contribution in [0, 0.1) is 0 Å². The van der Waals surface area contributed by atoms with E-state index in [9.17, 15) is 18.4 Å². The van der Waals surface area contributed by atoms with Gasteiger partial charge >= 0.3 is 0 Å². The third-order valence-corrected chi connectivity index (χ3v) is 7.40. The van der Waals surface area contributed by atoms with Gasteiger partial charge in [-0.25, -0.2) is 18.2 Å². The molecule has 1 aliphatic heterocycles. The van der Waals surface area contributed by atoms with Gasteiger partial charge in [-0.2, -0.15) is 0 Å². The van der Waals surface area contributed by atoms with Crippen molar-refractivity contribution in [1.29, 1.82) is 0 Å². The van der Waals surface area contributed by atoms with Gasteiger partial charge in [0.25, 0.3) is 6.43 Å². The van der Waals surface area contributed by atoms with E-state index in [2.05, 4.69) is 15.2 Å². The molecule has 1 saturated carbocycles. The van der Waals surface area contributed by atoms with Crippen molar-refractivity contribution in [3.05, 3.63) is 57.6 Å². The Hall–Kier alpha value is -2.88. The van der Waals surface area contributed by atoms with Gasteiger partial charge in [-0.15, -0.1) is 0 Å². The number of carbonyl (C=O) groups excluding carboxylic acids is 1. The molecule has 1 N–H and O–H groups in total. The smallest absolute Gasteiger partial charge is 0.272 e. The summed E-state index contributed by atoms with van der Waals surface area (Å²) in [6.07, 6.45) is 3.24. The molecule has 2 aliphatic rings. The Morgan fingerprint density at radius 3 is 2.68 bits per heavy atom. The summed E-state index contributed by atoms with van der Waals surface area (Å²) in [4.78, 5) is 30.6. The number of hydrogen-bond donors (Lipinski definition) is 1. The Balaban J connectivity index is 1.20. The molecule has 37 heavy (non-hydrogen) atoms. The van der Waals surface area contributed by atoms with Gasteiger partial charge in [0.05, 0.1) is 6.42 Å². The van der Waals surface area contributed by atoms with E-state index in [0.717, 1.165) is 36.3 Å². The first-order valence-corrected chi connectivity index (χ1v) is 12.9. The number of carbonyl (C=O) groups is 1. The minimum absolute atomic E-state index is 0.0378. The summed E-state index contributed by atoms with van der Waals surface area (Å²) in [7, 11) is 1.65. The van der Waals surface area contributed by atoms with Gasteiger partial charge in [-0.05, 0) is 49.7 Å². The average molecular weight is 521 g/mol. The highest BCUT2D eigenvalue weighted by molar-refractivity contribution is 5.78. The number of nitrogens with one attached hydrogen (secondary N) is 1. The van der Waals surface area contributed by atoms with Crippen molar-refractivity contribution in [3.8, 4) is 5.88 Å².